The first-order valence-electron chi connectivity index (χ1n) is 5.29. The highest BCUT2D eigenvalue weighted by atomic mass is 35.5. The Morgan fingerprint density at radius 3 is 2.50 bits per heavy atom. The number of nitrogens with one attached hydrogen (secondary N) is 1. The van der Waals surface area contributed by atoms with Crippen LogP contribution in [0.5, 0.6) is 0 Å². The normalized spacial score (nSPS) is 11.1. The number of nitrogens with zero attached hydrogens (tertiary/aromatic N) is 2. The molecule has 0 saturated carbocycles. The topological polar surface area (TPSA) is 98.0 Å². The Morgan fingerprint density at radius 2 is 1.95 bits per heavy atom. The van der Waals surface area contributed by atoms with Gasteiger partial charge < -0.3 is 5.73 Å². The minimum absolute atomic E-state index is 0.0127. The van der Waals surface area contributed by atoms with E-state index in [1.807, 2.05) is 0 Å². The summed E-state index contributed by atoms with van der Waals surface area (Å²) in [7, 11) is -3.88. The number of anilines is 1. The van der Waals surface area contributed by atoms with Gasteiger partial charge in [-0.15, -0.1) is 0 Å². The fourth-order valence-corrected chi connectivity index (χ4v) is 3.03. The van der Waals surface area contributed by atoms with E-state index in [0.717, 1.165) is 0 Å². The van der Waals surface area contributed by atoms with Gasteiger partial charge in [-0.1, -0.05) is 29.9 Å². The molecule has 1 aromatic heterocycles. The lowest BCUT2D eigenvalue weighted by atomic mass is 10.2. The third-order valence-electron chi connectivity index (χ3n) is 2.30. The van der Waals surface area contributed by atoms with Crippen molar-refractivity contribution in [2.24, 2.45) is 5.73 Å². The largest absolute Gasteiger partial charge is 0.389 e. The van der Waals surface area contributed by atoms with E-state index >= 15 is 0 Å². The van der Waals surface area contributed by atoms with Crippen LogP contribution in [0.1, 0.15) is 5.56 Å². The van der Waals surface area contributed by atoms with Crippen LogP contribution >= 0.6 is 23.8 Å². The van der Waals surface area contributed by atoms with E-state index in [9.17, 15) is 8.42 Å². The molecule has 0 aliphatic carbocycles. The number of halogens is 1. The molecule has 0 bridgehead atoms. The van der Waals surface area contributed by atoms with Crippen molar-refractivity contribution < 1.29 is 8.42 Å². The van der Waals surface area contributed by atoms with Crippen molar-refractivity contribution in [3.05, 3.63) is 47.2 Å². The smallest absolute Gasteiger partial charge is 0.265 e. The summed E-state index contributed by atoms with van der Waals surface area (Å²) in [6.07, 6.45) is 2.84. The van der Waals surface area contributed by atoms with Crippen LogP contribution in [0.2, 0.25) is 5.02 Å². The van der Waals surface area contributed by atoms with Crippen molar-refractivity contribution in [2.45, 2.75) is 4.90 Å². The number of benzene rings is 1. The van der Waals surface area contributed by atoms with E-state index in [1.165, 1.54) is 30.6 Å². The molecule has 6 nitrogen and oxygen atoms in total. The van der Waals surface area contributed by atoms with Gasteiger partial charge in [0.25, 0.3) is 10.0 Å². The van der Waals surface area contributed by atoms with Gasteiger partial charge in [-0.3, -0.25) is 0 Å². The van der Waals surface area contributed by atoms with Gasteiger partial charge in [0.15, 0.2) is 0 Å². The van der Waals surface area contributed by atoms with Crippen LogP contribution in [0.3, 0.4) is 0 Å². The van der Waals surface area contributed by atoms with E-state index in [0.29, 0.717) is 5.56 Å². The molecule has 3 N–H and O–H groups in total. The quantitative estimate of drug-likeness (QED) is 0.827. The fraction of sp³-hybridized carbons (Fsp3) is 0. The molecule has 0 unspecified atom stereocenters. The van der Waals surface area contributed by atoms with Crippen LogP contribution < -0.4 is 10.5 Å². The maximum Gasteiger partial charge on any atom is 0.265 e. The molecular formula is C11H9ClN4O2S2. The molecule has 0 fully saturated rings. The van der Waals surface area contributed by atoms with Crippen molar-refractivity contribution in [2.75, 3.05) is 4.72 Å². The van der Waals surface area contributed by atoms with Gasteiger partial charge in [0.05, 0.1) is 5.02 Å². The van der Waals surface area contributed by atoms with E-state index in [-0.39, 0.29) is 20.9 Å². The predicted octanol–water partition coefficient (Wildman–Crippen LogP) is 1.56. The van der Waals surface area contributed by atoms with Crippen molar-refractivity contribution in [1.82, 2.24) is 9.97 Å². The lowest BCUT2D eigenvalue weighted by Crippen LogP contribution is -2.16. The summed E-state index contributed by atoms with van der Waals surface area (Å²) in [5, 5.41) is 0.0127. The number of sulfonamides is 1. The van der Waals surface area contributed by atoms with Crippen LogP contribution in [0.25, 0.3) is 0 Å². The van der Waals surface area contributed by atoms with Crippen molar-refractivity contribution in [3.63, 3.8) is 0 Å². The van der Waals surface area contributed by atoms with Crippen LogP contribution in [0.4, 0.5) is 5.95 Å². The van der Waals surface area contributed by atoms with Gasteiger partial charge in [-0.2, -0.15) is 0 Å². The number of rotatable bonds is 4. The van der Waals surface area contributed by atoms with Crippen molar-refractivity contribution >= 4 is 44.8 Å². The fourth-order valence-electron chi connectivity index (χ4n) is 1.40. The average molecular weight is 329 g/mol. The minimum Gasteiger partial charge on any atom is -0.389 e. The van der Waals surface area contributed by atoms with Crippen molar-refractivity contribution in [1.29, 1.82) is 0 Å². The Kier molecular flexibility index (Phi) is 4.17. The summed E-state index contributed by atoms with van der Waals surface area (Å²) in [6.45, 7) is 0. The molecule has 9 heteroatoms. The molecule has 104 valence electrons. The van der Waals surface area contributed by atoms with E-state index in [1.54, 1.807) is 6.07 Å². The Balaban J connectivity index is 2.37. The summed E-state index contributed by atoms with van der Waals surface area (Å²) >= 11 is 10.7. The zero-order valence-electron chi connectivity index (χ0n) is 9.95. The monoisotopic (exact) mass is 328 g/mol. The van der Waals surface area contributed by atoms with Crippen LogP contribution in [-0.4, -0.2) is 23.4 Å². The molecule has 1 heterocycles. The Morgan fingerprint density at radius 1 is 1.30 bits per heavy atom. The Hall–Kier alpha value is -1.77. The van der Waals surface area contributed by atoms with Gasteiger partial charge in [0.2, 0.25) is 5.95 Å². The molecule has 0 spiro atoms. The molecule has 1 aromatic carbocycles. The lowest BCUT2D eigenvalue weighted by Gasteiger charge is -2.09. The SMILES string of the molecule is NC(=S)c1ccc(S(=O)(=O)Nc2ncccn2)c(Cl)c1. The molecular weight excluding hydrogens is 320 g/mol. The molecule has 0 aliphatic heterocycles. The second kappa shape index (κ2) is 5.70. The number of hydrogen-bond donors (Lipinski definition) is 2. The molecule has 0 saturated heterocycles. The van der Waals surface area contributed by atoms with Gasteiger partial charge >= 0.3 is 0 Å². The van der Waals surface area contributed by atoms with Crippen molar-refractivity contribution in [3.8, 4) is 0 Å². The molecule has 0 radical (unpaired) electrons. The molecule has 2 rings (SSSR count). The highest BCUT2D eigenvalue weighted by Gasteiger charge is 2.19. The highest BCUT2D eigenvalue weighted by Crippen LogP contribution is 2.24. The molecule has 2 aromatic rings. The van der Waals surface area contributed by atoms with Gasteiger partial charge in [-0.25, -0.2) is 23.1 Å². The first-order chi connectivity index (χ1) is 9.40. The second-order valence-corrected chi connectivity index (χ2v) is 6.19. The summed E-state index contributed by atoms with van der Waals surface area (Å²) in [6, 6.07) is 5.77. The van der Waals surface area contributed by atoms with E-state index < -0.39 is 10.0 Å². The first-order valence-corrected chi connectivity index (χ1v) is 7.56. The first kappa shape index (κ1) is 14.6. The zero-order chi connectivity index (χ0) is 14.8. The van der Waals surface area contributed by atoms with Gasteiger partial charge in [0.1, 0.15) is 9.88 Å². The van der Waals surface area contributed by atoms with Crippen LogP contribution in [0.15, 0.2) is 41.6 Å². The summed E-state index contributed by atoms with van der Waals surface area (Å²) in [5.74, 6) is -0.0398. The predicted molar refractivity (Wildman–Crippen MR) is 80.2 cm³/mol. The van der Waals surface area contributed by atoms with Gasteiger partial charge in [-0.05, 0) is 18.2 Å². The molecule has 0 amide bonds. The summed E-state index contributed by atoms with van der Waals surface area (Å²) in [4.78, 5) is 7.59. The number of nitrogens with two attached hydrogens (primary N) is 1. The molecule has 0 atom stereocenters. The maximum absolute atomic E-state index is 12.2. The lowest BCUT2D eigenvalue weighted by molar-refractivity contribution is 0.601. The van der Waals surface area contributed by atoms with Crippen LogP contribution in [0, 0.1) is 0 Å². The second-order valence-electron chi connectivity index (χ2n) is 3.69. The minimum atomic E-state index is -3.88. The third-order valence-corrected chi connectivity index (χ3v) is 4.34. The third kappa shape index (κ3) is 3.21. The number of thiocarbonyl (C=S) groups is 1. The number of hydrogen-bond acceptors (Lipinski definition) is 5. The number of aromatic nitrogens is 2. The van der Waals surface area contributed by atoms with E-state index in [2.05, 4.69) is 14.7 Å². The summed E-state index contributed by atoms with van der Waals surface area (Å²) in [5.41, 5.74) is 5.94. The van der Waals surface area contributed by atoms with Crippen LogP contribution in [-0.2, 0) is 10.0 Å². The standard InChI is InChI=1S/C11H9ClN4O2S2/c12-8-6-7(10(13)19)2-3-9(8)20(17,18)16-11-14-4-1-5-15-11/h1-6H,(H2,13,19)(H,14,15,16). The molecule has 0 aliphatic rings. The molecule has 20 heavy (non-hydrogen) atoms. The Labute approximate surface area is 126 Å². The van der Waals surface area contributed by atoms with Gasteiger partial charge in [0, 0.05) is 18.0 Å². The average Bonchev–Trinajstić information content (AvgIpc) is 2.38. The zero-order valence-corrected chi connectivity index (χ0v) is 12.3. The maximum atomic E-state index is 12.2. The summed E-state index contributed by atoms with van der Waals surface area (Å²) < 4.78 is 26.6. The van der Waals surface area contributed by atoms with E-state index in [4.69, 9.17) is 29.6 Å². The Bertz CT molecular complexity index is 750. The highest BCUT2D eigenvalue weighted by molar-refractivity contribution is 7.92.